The Labute approximate surface area is 118 Å². The Bertz CT molecular complexity index is 481. The molecule has 0 bridgehead atoms. The molecule has 6 nitrogen and oxygen atoms in total. The third-order valence-corrected chi connectivity index (χ3v) is 4.11. The molecule has 0 fully saturated rings. The van der Waals surface area contributed by atoms with Crippen molar-refractivity contribution in [2.75, 3.05) is 33.5 Å². The molecule has 1 heterocycles. The van der Waals surface area contributed by atoms with Crippen LogP contribution in [0.2, 0.25) is 5.15 Å². The Balaban J connectivity index is 2.34. The lowest BCUT2D eigenvalue weighted by atomic mass is 10.5. The minimum Gasteiger partial charge on any atom is -0.382 e. The first-order chi connectivity index (χ1) is 9.08. The summed E-state index contributed by atoms with van der Waals surface area (Å²) in [6, 6.07) is 2.93. The fourth-order valence-electron chi connectivity index (χ4n) is 1.27. The molecule has 8 heteroatoms. The predicted molar refractivity (Wildman–Crippen MR) is 71.7 cm³/mol. The van der Waals surface area contributed by atoms with Crippen LogP contribution in [0.4, 0.5) is 0 Å². The number of hydrogen-bond donors (Lipinski definition) is 1. The van der Waals surface area contributed by atoms with Crippen LogP contribution in [0.15, 0.2) is 23.2 Å². The molecule has 0 aliphatic heterocycles. The predicted octanol–water partition coefficient (Wildman–Crippen LogP) is 1.07. The van der Waals surface area contributed by atoms with Crippen molar-refractivity contribution in [2.45, 2.75) is 11.3 Å². The van der Waals surface area contributed by atoms with Gasteiger partial charge in [-0.15, -0.1) is 0 Å². The average Bonchev–Trinajstić information content (AvgIpc) is 2.38. The second kappa shape index (κ2) is 8.44. The first kappa shape index (κ1) is 16.3. The van der Waals surface area contributed by atoms with Crippen LogP contribution in [-0.2, 0) is 19.5 Å². The van der Waals surface area contributed by atoms with E-state index in [2.05, 4.69) is 9.71 Å². The Morgan fingerprint density at radius 2 is 2.16 bits per heavy atom. The largest absolute Gasteiger partial charge is 0.382 e. The summed E-state index contributed by atoms with van der Waals surface area (Å²) < 4.78 is 36.3. The molecular formula is C11H17ClN2O4S. The van der Waals surface area contributed by atoms with E-state index in [4.69, 9.17) is 21.1 Å². The molecule has 0 aromatic carbocycles. The van der Waals surface area contributed by atoms with Crippen molar-refractivity contribution >= 4 is 21.6 Å². The minimum atomic E-state index is -3.61. The molecular weight excluding hydrogens is 292 g/mol. The van der Waals surface area contributed by atoms with Crippen molar-refractivity contribution in [1.29, 1.82) is 0 Å². The number of methoxy groups -OCH3 is 1. The van der Waals surface area contributed by atoms with E-state index in [1.165, 1.54) is 18.3 Å². The first-order valence-corrected chi connectivity index (χ1v) is 7.61. The van der Waals surface area contributed by atoms with Gasteiger partial charge < -0.3 is 9.47 Å². The number of hydrogen-bond acceptors (Lipinski definition) is 5. The molecule has 0 saturated heterocycles. The quantitative estimate of drug-likeness (QED) is 0.545. The summed E-state index contributed by atoms with van der Waals surface area (Å²) >= 11 is 5.74. The highest BCUT2D eigenvalue weighted by Crippen LogP contribution is 2.17. The van der Waals surface area contributed by atoms with Crippen LogP contribution < -0.4 is 4.72 Å². The van der Waals surface area contributed by atoms with Crippen LogP contribution in [0.3, 0.4) is 0 Å². The second-order valence-electron chi connectivity index (χ2n) is 3.65. The number of aromatic nitrogens is 1. The number of nitrogens with zero attached hydrogens (tertiary/aromatic N) is 1. The van der Waals surface area contributed by atoms with Gasteiger partial charge in [0.25, 0.3) is 0 Å². The van der Waals surface area contributed by atoms with Gasteiger partial charge >= 0.3 is 0 Å². The monoisotopic (exact) mass is 308 g/mol. The molecule has 1 N–H and O–H groups in total. The maximum absolute atomic E-state index is 11.9. The molecule has 0 spiro atoms. The molecule has 1 aromatic rings. The van der Waals surface area contributed by atoms with Crippen LogP contribution in [0.5, 0.6) is 0 Å². The Kier molecular flexibility index (Phi) is 7.25. The zero-order chi connectivity index (χ0) is 14.1. The lowest BCUT2D eigenvalue weighted by molar-refractivity contribution is 0.0699. The van der Waals surface area contributed by atoms with Gasteiger partial charge in [0.05, 0.1) is 13.2 Å². The molecule has 1 aromatic heterocycles. The number of ether oxygens (including phenoxy) is 2. The van der Waals surface area contributed by atoms with Crippen LogP contribution >= 0.6 is 11.6 Å². The zero-order valence-corrected chi connectivity index (χ0v) is 12.2. The van der Waals surface area contributed by atoms with Gasteiger partial charge in [0.15, 0.2) is 0 Å². The summed E-state index contributed by atoms with van der Waals surface area (Å²) in [5.41, 5.74) is 0. The van der Waals surface area contributed by atoms with E-state index in [-0.39, 0.29) is 16.6 Å². The molecule has 0 aliphatic rings. The highest BCUT2D eigenvalue weighted by molar-refractivity contribution is 7.89. The standard InChI is InChI=1S/C11H17ClN2O4S/c1-17-8-9-18-7-3-6-14-19(15,16)10-4-2-5-13-11(10)12/h2,4-5,14H,3,6-9H2,1H3. The van der Waals surface area contributed by atoms with E-state index in [1.54, 1.807) is 7.11 Å². The summed E-state index contributed by atoms with van der Waals surface area (Å²) in [5.74, 6) is 0. The van der Waals surface area contributed by atoms with Gasteiger partial charge in [-0.3, -0.25) is 0 Å². The summed E-state index contributed by atoms with van der Waals surface area (Å²) in [6.45, 7) is 1.77. The fourth-order valence-corrected chi connectivity index (χ4v) is 2.80. The minimum absolute atomic E-state index is 0.0167. The highest BCUT2D eigenvalue weighted by Gasteiger charge is 2.17. The lowest BCUT2D eigenvalue weighted by Gasteiger charge is -2.07. The van der Waals surface area contributed by atoms with E-state index in [9.17, 15) is 8.42 Å². The van der Waals surface area contributed by atoms with Crippen LogP contribution in [-0.4, -0.2) is 46.9 Å². The normalized spacial score (nSPS) is 11.7. The molecule has 1 rings (SSSR count). The summed E-state index contributed by atoms with van der Waals surface area (Å²) in [7, 11) is -2.02. The number of nitrogens with one attached hydrogen (secondary N) is 1. The lowest BCUT2D eigenvalue weighted by Crippen LogP contribution is -2.26. The van der Waals surface area contributed by atoms with E-state index in [0.717, 1.165) is 0 Å². The van der Waals surface area contributed by atoms with E-state index >= 15 is 0 Å². The molecule has 0 atom stereocenters. The third kappa shape index (κ3) is 5.84. The fraction of sp³-hybridized carbons (Fsp3) is 0.545. The van der Waals surface area contributed by atoms with Gasteiger partial charge in [-0.1, -0.05) is 11.6 Å². The van der Waals surface area contributed by atoms with E-state index < -0.39 is 10.0 Å². The van der Waals surface area contributed by atoms with Gasteiger partial charge in [0.2, 0.25) is 10.0 Å². The van der Waals surface area contributed by atoms with Gasteiger partial charge in [-0.2, -0.15) is 0 Å². The maximum atomic E-state index is 11.9. The topological polar surface area (TPSA) is 77.5 Å². The first-order valence-electron chi connectivity index (χ1n) is 5.75. The maximum Gasteiger partial charge on any atom is 0.243 e. The van der Waals surface area contributed by atoms with Gasteiger partial charge in [-0.25, -0.2) is 18.1 Å². The molecule has 108 valence electrons. The molecule has 0 radical (unpaired) electrons. The van der Waals surface area contributed by atoms with E-state index in [1.807, 2.05) is 0 Å². The second-order valence-corrected chi connectivity index (χ2v) is 5.74. The molecule has 0 aliphatic carbocycles. The van der Waals surface area contributed by atoms with Crippen LogP contribution in [0.25, 0.3) is 0 Å². The smallest absolute Gasteiger partial charge is 0.243 e. The Hall–Kier alpha value is -0.730. The van der Waals surface area contributed by atoms with Crippen molar-refractivity contribution in [1.82, 2.24) is 9.71 Å². The molecule has 0 amide bonds. The van der Waals surface area contributed by atoms with Crippen molar-refractivity contribution < 1.29 is 17.9 Å². The number of halogens is 1. The molecule has 0 unspecified atom stereocenters. The van der Waals surface area contributed by atoms with E-state index in [0.29, 0.717) is 26.2 Å². The Morgan fingerprint density at radius 1 is 1.37 bits per heavy atom. The van der Waals surface area contributed by atoms with Crippen molar-refractivity contribution in [3.05, 3.63) is 23.5 Å². The highest BCUT2D eigenvalue weighted by atomic mass is 35.5. The SMILES string of the molecule is COCCOCCCNS(=O)(=O)c1cccnc1Cl. The number of pyridine rings is 1. The summed E-state index contributed by atoms with van der Waals surface area (Å²) in [5, 5.41) is -0.0358. The average molecular weight is 309 g/mol. The zero-order valence-electron chi connectivity index (χ0n) is 10.6. The molecule has 0 saturated carbocycles. The number of sulfonamides is 1. The Morgan fingerprint density at radius 3 is 2.84 bits per heavy atom. The van der Waals surface area contributed by atoms with Crippen molar-refractivity contribution in [2.24, 2.45) is 0 Å². The van der Waals surface area contributed by atoms with Crippen molar-refractivity contribution in [3.63, 3.8) is 0 Å². The third-order valence-electron chi connectivity index (χ3n) is 2.20. The summed E-state index contributed by atoms with van der Waals surface area (Å²) in [6.07, 6.45) is 2.01. The van der Waals surface area contributed by atoms with Gasteiger partial charge in [0.1, 0.15) is 10.0 Å². The summed E-state index contributed by atoms with van der Waals surface area (Å²) in [4.78, 5) is 3.71. The van der Waals surface area contributed by atoms with Crippen molar-refractivity contribution in [3.8, 4) is 0 Å². The number of rotatable bonds is 9. The van der Waals surface area contributed by atoms with Crippen LogP contribution in [0, 0.1) is 0 Å². The van der Waals surface area contributed by atoms with Gasteiger partial charge in [-0.05, 0) is 18.6 Å². The van der Waals surface area contributed by atoms with Crippen LogP contribution in [0.1, 0.15) is 6.42 Å². The van der Waals surface area contributed by atoms with Gasteiger partial charge in [0, 0.05) is 26.5 Å². The molecule has 19 heavy (non-hydrogen) atoms.